The van der Waals surface area contributed by atoms with E-state index in [0.29, 0.717) is 5.92 Å². The Morgan fingerprint density at radius 2 is 2.29 bits per heavy atom. The van der Waals surface area contributed by atoms with Crippen molar-refractivity contribution < 1.29 is 9.53 Å². The molecule has 80 valence electrons. The van der Waals surface area contributed by atoms with Gasteiger partial charge < -0.3 is 4.74 Å². The van der Waals surface area contributed by atoms with E-state index < -0.39 is 0 Å². The van der Waals surface area contributed by atoms with Gasteiger partial charge in [0.05, 0.1) is 12.5 Å². The second-order valence-corrected chi connectivity index (χ2v) is 4.55. The minimum absolute atomic E-state index is 0.0725. The zero-order valence-electron chi connectivity index (χ0n) is 9.38. The van der Waals surface area contributed by atoms with Crippen molar-refractivity contribution >= 4 is 5.97 Å². The Hall–Kier alpha value is -0.790. The van der Waals surface area contributed by atoms with Crippen LogP contribution in [0.25, 0.3) is 0 Å². The van der Waals surface area contributed by atoms with Crippen molar-refractivity contribution in [1.29, 1.82) is 0 Å². The van der Waals surface area contributed by atoms with Crippen LogP contribution < -0.4 is 0 Å². The maximum Gasteiger partial charge on any atom is 0.311 e. The Morgan fingerprint density at radius 3 is 2.93 bits per heavy atom. The van der Waals surface area contributed by atoms with Gasteiger partial charge in [0.25, 0.3) is 0 Å². The standard InChI is InChI=1S/C12H20O2/c1-10-6-4-8-12(2,9-5-7-10)11(13)14-3/h4,6,10H,5,7-9H2,1-3H3/b6-4-. The Morgan fingerprint density at radius 1 is 1.57 bits per heavy atom. The van der Waals surface area contributed by atoms with E-state index in [9.17, 15) is 4.79 Å². The van der Waals surface area contributed by atoms with Crippen LogP contribution in [-0.4, -0.2) is 13.1 Å². The summed E-state index contributed by atoms with van der Waals surface area (Å²) in [6.07, 6.45) is 8.36. The van der Waals surface area contributed by atoms with Gasteiger partial charge in [0.1, 0.15) is 0 Å². The van der Waals surface area contributed by atoms with E-state index in [1.165, 1.54) is 13.5 Å². The summed E-state index contributed by atoms with van der Waals surface area (Å²) in [5.74, 6) is 0.578. The summed E-state index contributed by atoms with van der Waals surface area (Å²) < 4.78 is 4.84. The molecule has 2 unspecified atom stereocenters. The van der Waals surface area contributed by atoms with Gasteiger partial charge in [0.2, 0.25) is 0 Å². The summed E-state index contributed by atoms with van der Waals surface area (Å²) in [6, 6.07) is 0. The molecular weight excluding hydrogens is 176 g/mol. The van der Waals surface area contributed by atoms with Crippen LogP contribution in [0.2, 0.25) is 0 Å². The summed E-state index contributed by atoms with van der Waals surface area (Å²) in [6.45, 7) is 4.22. The second kappa shape index (κ2) is 4.63. The van der Waals surface area contributed by atoms with Gasteiger partial charge in [0.15, 0.2) is 0 Å². The second-order valence-electron chi connectivity index (χ2n) is 4.55. The van der Waals surface area contributed by atoms with Crippen molar-refractivity contribution in [3.63, 3.8) is 0 Å². The Bertz CT molecular complexity index is 232. The zero-order chi connectivity index (χ0) is 10.6. The van der Waals surface area contributed by atoms with Gasteiger partial charge in [-0.15, -0.1) is 0 Å². The Labute approximate surface area is 86.3 Å². The first-order chi connectivity index (χ1) is 6.58. The smallest absolute Gasteiger partial charge is 0.311 e. The molecule has 0 heterocycles. The molecule has 2 nitrogen and oxygen atoms in total. The summed E-state index contributed by atoms with van der Waals surface area (Å²) in [5, 5.41) is 0. The summed E-state index contributed by atoms with van der Waals surface area (Å²) in [7, 11) is 1.47. The molecule has 0 amide bonds. The number of methoxy groups -OCH3 is 1. The molecule has 2 heteroatoms. The maximum atomic E-state index is 11.6. The lowest BCUT2D eigenvalue weighted by Crippen LogP contribution is -2.29. The average Bonchev–Trinajstić information content (AvgIpc) is 2.14. The maximum absolute atomic E-state index is 11.6. The first kappa shape index (κ1) is 11.3. The van der Waals surface area contributed by atoms with Gasteiger partial charge in [-0.05, 0) is 32.1 Å². The highest BCUT2D eigenvalue weighted by molar-refractivity contribution is 5.76. The van der Waals surface area contributed by atoms with E-state index in [0.717, 1.165) is 19.3 Å². The monoisotopic (exact) mass is 196 g/mol. The van der Waals surface area contributed by atoms with Crippen LogP contribution in [0.1, 0.15) is 39.5 Å². The van der Waals surface area contributed by atoms with Crippen LogP contribution in [0.4, 0.5) is 0 Å². The first-order valence-electron chi connectivity index (χ1n) is 5.33. The van der Waals surface area contributed by atoms with Crippen molar-refractivity contribution in [1.82, 2.24) is 0 Å². The predicted octanol–water partition coefficient (Wildman–Crippen LogP) is 2.93. The molecule has 0 N–H and O–H groups in total. The van der Waals surface area contributed by atoms with Gasteiger partial charge in [0, 0.05) is 0 Å². The van der Waals surface area contributed by atoms with Gasteiger partial charge in [-0.3, -0.25) is 4.79 Å². The number of hydrogen-bond donors (Lipinski definition) is 0. The molecule has 2 atom stereocenters. The lowest BCUT2D eigenvalue weighted by Gasteiger charge is -2.27. The largest absolute Gasteiger partial charge is 0.469 e. The van der Waals surface area contributed by atoms with E-state index in [1.54, 1.807) is 0 Å². The Balaban J connectivity index is 2.70. The van der Waals surface area contributed by atoms with Gasteiger partial charge in [-0.25, -0.2) is 0 Å². The molecule has 0 saturated carbocycles. The van der Waals surface area contributed by atoms with Crippen LogP contribution >= 0.6 is 0 Å². The molecular formula is C12H20O2. The lowest BCUT2D eigenvalue weighted by atomic mass is 9.79. The summed E-state index contributed by atoms with van der Waals surface area (Å²) in [4.78, 5) is 11.6. The number of esters is 1. The summed E-state index contributed by atoms with van der Waals surface area (Å²) >= 11 is 0. The van der Waals surface area contributed by atoms with Crippen LogP contribution in [0.3, 0.4) is 0 Å². The third kappa shape index (κ3) is 2.60. The summed E-state index contributed by atoms with van der Waals surface area (Å²) in [5.41, 5.74) is -0.300. The SMILES string of the molecule is COC(=O)C1(C)C/C=C\C(C)CCC1. The number of hydrogen-bond acceptors (Lipinski definition) is 2. The average molecular weight is 196 g/mol. The first-order valence-corrected chi connectivity index (χ1v) is 5.33. The highest BCUT2D eigenvalue weighted by atomic mass is 16.5. The molecule has 0 spiro atoms. The Kier molecular flexibility index (Phi) is 3.73. The number of rotatable bonds is 1. The van der Waals surface area contributed by atoms with Gasteiger partial charge in [-0.1, -0.05) is 25.5 Å². The predicted molar refractivity (Wildman–Crippen MR) is 56.9 cm³/mol. The molecule has 0 saturated heterocycles. The van der Waals surface area contributed by atoms with Gasteiger partial charge in [-0.2, -0.15) is 0 Å². The lowest BCUT2D eigenvalue weighted by molar-refractivity contribution is -0.152. The van der Waals surface area contributed by atoms with Crippen molar-refractivity contribution in [2.45, 2.75) is 39.5 Å². The van der Waals surface area contributed by atoms with E-state index in [1.807, 2.05) is 6.92 Å². The molecule has 1 aliphatic rings. The molecule has 0 radical (unpaired) electrons. The molecule has 0 aromatic carbocycles. The van der Waals surface area contributed by atoms with Crippen molar-refractivity contribution in [3.05, 3.63) is 12.2 Å². The molecule has 14 heavy (non-hydrogen) atoms. The van der Waals surface area contributed by atoms with Crippen molar-refractivity contribution in [2.75, 3.05) is 7.11 Å². The van der Waals surface area contributed by atoms with E-state index in [4.69, 9.17) is 4.74 Å². The third-order valence-electron chi connectivity index (χ3n) is 3.10. The van der Waals surface area contributed by atoms with Crippen LogP contribution in [0.15, 0.2) is 12.2 Å². The molecule has 0 bridgehead atoms. The molecule has 0 fully saturated rings. The quantitative estimate of drug-likeness (QED) is 0.476. The van der Waals surface area contributed by atoms with Crippen LogP contribution in [0, 0.1) is 11.3 Å². The molecule has 0 aromatic rings. The van der Waals surface area contributed by atoms with E-state index in [2.05, 4.69) is 19.1 Å². The highest BCUT2D eigenvalue weighted by Crippen LogP contribution is 2.33. The van der Waals surface area contributed by atoms with Crippen LogP contribution in [0.5, 0.6) is 0 Å². The highest BCUT2D eigenvalue weighted by Gasteiger charge is 2.33. The third-order valence-corrected chi connectivity index (χ3v) is 3.10. The minimum atomic E-state index is -0.300. The fraction of sp³-hybridized carbons (Fsp3) is 0.750. The fourth-order valence-corrected chi connectivity index (χ4v) is 2.00. The molecule has 0 aromatic heterocycles. The fourth-order valence-electron chi connectivity index (χ4n) is 2.00. The van der Waals surface area contributed by atoms with Gasteiger partial charge >= 0.3 is 5.97 Å². The molecule has 0 aliphatic heterocycles. The van der Waals surface area contributed by atoms with Crippen molar-refractivity contribution in [3.8, 4) is 0 Å². The zero-order valence-corrected chi connectivity index (χ0v) is 9.38. The number of ether oxygens (including phenoxy) is 1. The molecule has 1 rings (SSSR count). The van der Waals surface area contributed by atoms with E-state index in [-0.39, 0.29) is 11.4 Å². The topological polar surface area (TPSA) is 26.3 Å². The van der Waals surface area contributed by atoms with Crippen molar-refractivity contribution in [2.24, 2.45) is 11.3 Å². The number of carbonyl (C=O) groups is 1. The minimum Gasteiger partial charge on any atom is -0.469 e. The number of allylic oxidation sites excluding steroid dienone is 2. The van der Waals surface area contributed by atoms with Crippen LogP contribution in [-0.2, 0) is 9.53 Å². The normalized spacial score (nSPS) is 35.5. The number of carbonyl (C=O) groups excluding carboxylic acids is 1. The molecule has 1 aliphatic carbocycles. The van der Waals surface area contributed by atoms with E-state index >= 15 is 0 Å².